The lowest BCUT2D eigenvalue weighted by Crippen LogP contribution is -2.24. The summed E-state index contributed by atoms with van der Waals surface area (Å²) < 4.78 is 13.3. The molecule has 0 fully saturated rings. The van der Waals surface area contributed by atoms with Gasteiger partial charge in [-0.15, -0.1) is 0 Å². The molecule has 0 saturated carbocycles. The highest BCUT2D eigenvalue weighted by atomic mass is 19.1. The van der Waals surface area contributed by atoms with Crippen molar-refractivity contribution in [1.29, 1.82) is 0 Å². The fourth-order valence-electron chi connectivity index (χ4n) is 1.70. The monoisotopic (exact) mass is 273 g/mol. The lowest BCUT2D eigenvalue weighted by molar-refractivity contribution is -0.121. The van der Waals surface area contributed by atoms with Gasteiger partial charge in [-0.3, -0.25) is 9.78 Å². The number of aromatic nitrogens is 1. The van der Waals surface area contributed by atoms with Crippen molar-refractivity contribution >= 4 is 11.6 Å². The summed E-state index contributed by atoms with van der Waals surface area (Å²) in [4.78, 5) is 15.5. The zero-order valence-corrected chi connectivity index (χ0v) is 11.0. The van der Waals surface area contributed by atoms with E-state index in [9.17, 15) is 9.18 Å². The van der Waals surface area contributed by atoms with Crippen LogP contribution in [0.5, 0.6) is 0 Å². The fourth-order valence-corrected chi connectivity index (χ4v) is 1.70. The zero-order chi connectivity index (χ0) is 14.2. The van der Waals surface area contributed by atoms with Gasteiger partial charge >= 0.3 is 0 Å². The summed E-state index contributed by atoms with van der Waals surface area (Å²) in [6.45, 7) is 0.865. The molecular weight excluding hydrogens is 257 g/mol. The summed E-state index contributed by atoms with van der Waals surface area (Å²) in [5.41, 5.74) is 1.41. The Hall–Kier alpha value is -2.43. The molecule has 4 nitrogen and oxygen atoms in total. The van der Waals surface area contributed by atoms with E-state index in [1.807, 2.05) is 12.1 Å². The molecule has 5 heteroatoms. The van der Waals surface area contributed by atoms with Gasteiger partial charge < -0.3 is 10.6 Å². The van der Waals surface area contributed by atoms with Crippen LogP contribution in [0.4, 0.5) is 10.1 Å². The van der Waals surface area contributed by atoms with Crippen LogP contribution in [0.1, 0.15) is 12.0 Å². The van der Waals surface area contributed by atoms with E-state index in [2.05, 4.69) is 15.6 Å². The van der Waals surface area contributed by atoms with Crippen LogP contribution < -0.4 is 10.6 Å². The van der Waals surface area contributed by atoms with Crippen molar-refractivity contribution < 1.29 is 9.18 Å². The molecule has 0 radical (unpaired) electrons. The third kappa shape index (κ3) is 4.35. The Kier molecular flexibility index (Phi) is 5.06. The molecule has 1 aromatic heterocycles. The molecule has 0 aliphatic heterocycles. The maximum Gasteiger partial charge on any atom is 0.222 e. The Labute approximate surface area is 117 Å². The van der Waals surface area contributed by atoms with E-state index in [-0.39, 0.29) is 11.7 Å². The SMILES string of the molecule is O=C(CCNc1ccccc1F)NCc1ccncc1. The molecule has 0 aliphatic rings. The van der Waals surface area contributed by atoms with Crippen LogP contribution in [0, 0.1) is 5.82 Å². The van der Waals surface area contributed by atoms with Crippen molar-refractivity contribution in [1.82, 2.24) is 10.3 Å². The first-order valence-corrected chi connectivity index (χ1v) is 6.40. The van der Waals surface area contributed by atoms with Gasteiger partial charge in [0.25, 0.3) is 0 Å². The first-order valence-electron chi connectivity index (χ1n) is 6.40. The smallest absolute Gasteiger partial charge is 0.222 e. The lowest BCUT2D eigenvalue weighted by Gasteiger charge is -2.08. The second-order valence-corrected chi connectivity index (χ2v) is 4.29. The molecule has 2 aromatic rings. The number of carbonyl (C=O) groups is 1. The zero-order valence-electron chi connectivity index (χ0n) is 11.0. The molecule has 0 unspecified atom stereocenters. The Bertz CT molecular complexity index is 560. The summed E-state index contributed by atoms with van der Waals surface area (Å²) in [7, 11) is 0. The number of nitrogens with zero attached hydrogens (tertiary/aromatic N) is 1. The number of rotatable bonds is 6. The molecule has 104 valence electrons. The predicted molar refractivity (Wildman–Crippen MR) is 75.6 cm³/mol. The van der Waals surface area contributed by atoms with Gasteiger partial charge in [0.1, 0.15) is 5.82 Å². The van der Waals surface area contributed by atoms with Gasteiger partial charge in [-0.2, -0.15) is 0 Å². The molecule has 2 rings (SSSR count). The minimum absolute atomic E-state index is 0.0781. The molecule has 1 amide bonds. The number of anilines is 1. The molecule has 0 aliphatic carbocycles. The predicted octanol–water partition coefficient (Wildman–Crippen LogP) is 2.34. The molecule has 0 atom stereocenters. The Morgan fingerprint density at radius 2 is 1.90 bits per heavy atom. The van der Waals surface area contributed by atoms with E-state index in [0.717, 1.165) is 5.56 Å². The van der Waals surface area contributed by atoms with E-state index in [1.54, 1.807) is 30.6 Å². The van der Waals surface area contributed by atoms with Gasteiger partial charge in [0.2, 0.25) is 5.91 Å². The van der Waals surface area contributed by atoms with Crippen LogP contribution in [0.25, 0.3) is 0 Å². The average Bonchev–Trinajstić information content (AvgIpc) is 2.48. The van der Waals surface area contributed by atoms with Crippen molar-refractivity contribution in [3.63, 3.8) is 0 Å². The van der Waals surface area contributed by atoms with Crippen LogP contribution in [0.15, 0.2) is 48.8 Å². The summed E-state index contributed by atoms with van der Waals surface area (Å²) in [5.74, 6) is -0.393. The van der Waals surface area contributed by atoms with Gasteiger partial charge in [0.05, 0.1) is 5.69 Å². The highest BCUT2D eigenvalue weighted by molar-refractivity contribution is 5.76. The normalized spacial score (nSPS) is 10.1. The fraction of sp³-hybridized carbons (Fsp3) is 0.200. The van der Waals surface area contributed by atoms with Crippen LogP contribution in [-0.4, -0.2) is 17.4 Å². The van der Waals surface area contributed by atoms with Gasteiger partial charge in [-0.05, 0) is 29.8 Å². The van der Waals surface area contributed by atoms with Crippen molar-refractivity contribution in [2.45, 2.75) is 13.0 Å². The molecule has 1 heterocycles. The number of halogens is 1. The average molecular weight is 273 g/mol. The quantitative estimate of drug-likeness (QED) is 0.849. The van der Waals surface area contributed by atoms with E-state index in [4.69, 9.17) is 0 Å². The summed E-state index contributed by atoms with van der Waals surface area (Å²) in [6, 6.07) is 10.1. The number of hydrogen-bond donors (Lipinski definition) is 2. The van der Waals surface area contributed by atoms with Crippen molar-refractivity contribution in [3.05, 3.63) is 60.2 Å². The maximum atomic E-state index is 13.3. The summed E-state index contributed by atoms with van der Waals surface area (Å²) >= 11 is 0. The van der Waals surface area contributed by atoms with Crippen LogP contribution in [0.3, 0.4) is 0 Å². The first kappa shape index (κ1) is 14.0. The Morgan fingerprint density at radius 3 is 2.65 bits per heavy atom. The third-order valence-corrected chi connectivity index (χ3v) is 2.78. The van der Waals surface area contributed by atoms with Crippen LogP contribution in [-0.2, 0) is 11.3 Å². The van der Waals surface area contributed by atoms with Crippen LogP contribution in [0.2, 0.25) is 0 Å². The van der Waals surface area contributed by atoms with Gasteiger partial charge in [-0.25, -0.2) is 4.39 Å². The molecule has 0 spiro atoms. The minimum atomic E-state index is -0.315. The second-order valence-electron chi connectivity index (χ2n) is 4.29. The van der Waals surface area contributed by atoms with E-state index in [0.29, 0.717) is 25.2 Å². The van der Waals surface area contributed by atoms with Crippen molar-refractivity contribution in [3.8, 4) is 0 Å². The first-order chi connectivity index (χ1) is 9.75. The molecule has 20 heavy (non-hydrogen) atoms. The van der Waals surface area contributed by atoms with Crippen LogP contribution >= 0.6 is 0 Å². The second kappa shape index (κ2) is 7.23. The van der Waals surface area contributed by atoms with Gasteiger partial charge in [-0.1, -0.05) is 12.1 Å². The van der Waals surface area contributed by atoms with Crippen molar-refractivity contribution in [2.24, 2.45) is 0 Å². The topological polar surface area (TPSA) is 54.0 Å². The van der Waals surface area contributed by atoms with Crippen molar-refractivity contribution in [2.75, 3.05) is 11.9 Å². The molecular formula is C15H16FN3O. The number of carbonyl (C=O) groups excluding carboxylic acids is 1. The maximum absolute atomic E-state index is 13.3. The number of pyridine rings is 1. The highest BCUT2D eigenvalue weighted by Crippen LogP contribution is 2.11. The molecule has 0 saturated heterocycles. The summed E-state index contributed by atoms with van der Waals surface area (Å²) in [5, 5.41) is 5.70. The number of benzene rings is 1. The largest absolute Gasteiger partial charge is 0.382 e. The highest BCUT2D eigenvalue weighted by Gasteiger charge is 2.03. The summed E-state index contributed by atoms with van der Waals surface area (Å²) in [6.07, 6.45) is 3.65. The molecule has 2 N–H and O–H groups in total. The van der Waals surface area contributed by atoms with E-state index < -0.39 is 0 Å². The number of hydrogen-bond acceptors (Lipinski definition) is 3. The number of nitrogens with one attached hydrogen (secondary N) is 2. The van der Waals surface area contributed by atoms with E-state index in [1.165, 1.54) is 6.07 Å². The molecule has 0 bridgehead atoms. The van der Waals surface area contributed by atoms with Gasteiger partial charge in [0, 0.05) is 31.9 Å². The van der Waals surface area contributed by atoms with Gasteiger partial charge in [0.15, 0.2) is 0 Å². The Balaban J connectivity index is 1.69. The minimum Gasteiger partial charge on any atom is -0.382 e. The molecule has 1 aromatic carbocycles. The number of amides is 1. The third-order valence-electron chi connectivity index (χ3n) is 2.78. The lowest BCUT2D eigenvalue weighted by atomic mass is 10.2. The standard InChI is InChI=1S/C15H16FN3O/c16-13-3-1-2-4-14(13)18-10-7-15(20)19-11-12-5-8-17-9-6-12/h1-6,8-9,18H,7,10-11H2,(H,19,20). The number of para-hydroxylation sites is 1. The Morgan fingerprint density at radius 1 is 1.15 bits per heavy atom. The van der Waals surface area contributed by atoms with E-state index >= 15 is 0 Å².